The Morgan fingerprint density at radius 3 is 1.61 bits per heavy atom. The Hall–Kier alpha value is -6.58. The zero-order chi connectivity index (χ0) is 32.3. The molecule has 230 valence electrons. The van der Waals surface area contributed by atoms with Crippen molar-refractivity contribution in [2.75, 3.05) is 4.90 Å². The van der Waals surface area contributed by atoms with Crippen molar-refractivity contribution in [2.45, 2.75) is 0 Å². The summed E-state index contributed by atoms with van der Waals surface area (Å²) in [7, 11) is 0. The lowest BCUT2D eigenvalue weighted by Gasteiger charge is -2.26. The predicted molar refractivity (Wildman–Crippen MR) is 204 cm³/mol. The molecule has 0 aliphatic rings. The van der Waals surface area contributed by atoms with Crippen LogP contribution >= 0.6 is 0 Å². The number of hydrogen-bond acceptors (Lipinski definition) is 3. The summed E-state index contributed by atoms with van der Waals surface area (Å²) in [6.07, 6.45) is 0. The van der Waals surface area contributed by atoms with Crippen molar-refractivity contribution in [1.82, 2.24) is 0 Å². The number of anilines is 3. The third-order valence-electron chi connectivity index (χ3n) is 9.66. The molecule has 10 aromatic rings. The number of fused-ring (bicyclic) bond motifs is 7. The quantitative estimate of drug-likeness (QED) is 0.190. The molecular weight excluding hydrogens is 599 g/mol. The van der Waals surface area contributed by atoms with Crippen LogP contribution in [0.25, 0.3) is 76.9 Å². The molecule has 0 saturated heterocycles. The number of benzene rings is 8. The van der Waals surface area contributed by atoms with E-state index >= 15 is 0 Å². The first-order valence-electron chi connectivity index (χ1n) is 16.6. The van der Waals surface area contributed by atoms with Crippen LogP contribution in [-0.2, 0) is 0 Å². The van der Waals surface area contributed by atoms with Crippen molar-refractivity contribution in [3.05, 3.63) is 176 Å². The number of para-hydroxylation sites is 2. The van der Waals surface area contributed by atoms with E-state index in [-0.39, 0.29) is 0 Å². The first-order valence-corrected chi connectivity index (χ1v) is 16.6. The Morgan fingerprint density at radius 2 is 0.837 bits per heavy atom. The van der Waals surface area contributed by atoms with Crippen LogP contribution < -0.4 is 4.90 Å². The van der Waals surface area contributed by atoms with E-state index < -0.39 is 0 Å². The van der Waals surface area contributed by atoms with Crippen molar-refractivity contribution in [2.24, 2.45) is 0 Å². The molecule has 0 fully saturated rings. The Balaban J connectivity index is 1.12. The lowest BCUT2D eigenvalue weighted by molar-refractivity contribution is 0.668. The molecular formula is C46H29NO2. The summed E-state index contributed by atoms with van der Waals surface area (Å²) in [5, 5.41) is 6.95. The Morgan fingerprint density at radius 1 is 0.306 bits per heavy atom. The van der Waals surface area contributed by atoms with E-state index in [2.05, 4.69) is 157 Å². The highest BCUT2D eigenvalue weighted by Gasteiger charge is 2.17. The topological polar surface area (TPSA) is 29.5 Å². The Labute approximate surface area is 282 Å². The van der Waals surface area contributed by atoms with Gasteiger partial charge in [0.1, 0.15) is 22.3 Å². The molecule has 0 N–H and O–H groups in total. The molecule has 0 saturated carbocycles. The predicted octanol–water partition coefficient (Wildman–Crippen LogP) is 13.4. The van der Waals surface area contributed by atoms with Gasteiger partial charge in [-0.2, -0.15) is 0 Å². The minimum absolute atomic E-state index is 0.880. The van der Waals surface area contributed by atoms with Crippen molar-refractivity contribution in [3.63, 3.8) is 0 Å². The van der Waals surface area contributed by atoms with E-state index in [0.29, 0.717) is 0 Å². The van der Waals surface area contributed by atoms with Crippen LogP contribution in [0.1, 0.15) is 0 Å². The van der Waals surface area contributed by atoms with Crippen molar-refractivity contribution >= 4 is 71.7 Å². The van der Waals surface area contributed by atoms with Gasteiger partial charge in [-0.1, -0.05) is 109 Å². The van der Waals surface area contributed by atoms with Gasteiger partial charge in [0.05, 0.1) is 0 Å². The van der Waals surface area contributed by atoms with Crippen LogP contribution in [0.2, 0.25) is 0 Å². The molecule has 0 aliphatic heterocycles. The molecule has 3 nitrogen and oxygen atoms in total. The van der Waals surface area contributed by atoms with Crippen LogP contribution in [-0.4, -0.2) is 0 Å². The monoisotopic (exact) mass is 627 g/mol. The number of rotatable bonds is 5. The van der Waals surface area contributed by atoms with E-state index in [1.54, 1.807) is 0 Å². The zero-order valence-electron chi connectivity index (χ0n) is 26.5. The van der Waals surface area contributed by atoms with Crippen LogP contribution in [0.15, 0.2) is 185 Å². The fourth-order valence-electron chi connectivity index (χ4n) is 7.30. The molecule has 2 aromatic heterocycles. The standard InChI is InChI=1S/C46H29NO2/c1-2-13-37-30(9-1)10-8-16-38(37)31-19-22-34(23-20-31)47(36-24-26-46-42(29-36)40-15-4-6-18-44(40)49-46)35-12-7-11-32(27-35)33-21-25-45-41(28-33)39-14-3-5-17-43(39)48-45/h1-29H. The molecule has 2 heterocycles. The second-order valence-corrected chi connectivity index (χ2v) is 12.5. The van der Waals surface area contributed by atoms with Crippen LogP contribution in [0.4, 0.5) is 17.1 Å². The summed E-state index contributed by atoms with van der Waals surface area (Å²) in [4.78, 5) is 2.34. The molecule has 0 aliphatic carbocycles. The highest BCUT2D eigenvalue weighted by molar-refractivity contribution is 6.08. The van der Waals surface area contributed by atoms with Gasteiger partial charge in [0.15, 0.2) is 0 Å². The normalized spacial score (nSPS) is 11.7. The van der Waals surface area contributed by atoms with Gasteiger partial charge in [0.2, 0.25) is 0 Å². The second kappa shape index (κ2) is 11.0. The molecule has 0 amide bonds. The summed E-state index contributed by atoms with van der Waals surface area (Å²) in [5.41, 5.74) is 11.5. The van der Waals surface area contributed by atoms with E-state index in [0.717, 1.165) is 72.1 Å². The minimum atomic E-state index is 0.880. The smallest absolute Gasteiger partial charge is 0.135 e. The summed E-state index contributed by atoms with van der Waals surface area (Å²) >= 11 is 0. The first-order chi connectivity index (χ1) is 24.3. The van der Waals surface area contributed by atoms with Gasteiger partial charge < -0.3 is 13.7 Å². The van der Waals surface area contributed by atoms with Crippen molar-refractivity contribution in [1.29, 1.82) is 0 Å². The van der Waals surface area contributed by atoms with Crippen LogP contribution in [0.3, 0.4) is 0 Å². The summed E-state index contributed by atoms with van der Waals surface area (Å²) in [5.74, 6) is 0. The largest absolute Gasteiger partial charge is 0.456 e. The van der Waals surface area contributed by atoms with Gasteiger partial charge >= 0.3 is 0 Å². The van der Waals surface area contributed by atoms with E-state index in [9.17, 15) is 0 Å². The van der Waals surface area contributed by atoms with Gasteiger partial charge in [0, 0.05) is 38.6 Å². The minimum Gasteiger partial charge on any atom is -0.456 e. The summed E-state index contributed by atoms with van der Waals surface area (Å²) < 4.78 is 12.3. The fraction of sp³-hybridized carbons (Fsp3) is 0. The maximum absolute atomic E-state index is 6.21. The van der Waals surface area contributed by atoms with E-state index in [1.807, 2.05) is 24.3 Å². The molecule has 0 unspecified atom stereocenters. The molecule has 10 rings (SSSR count). The van der Waals surface area contributed by atoms with E-state index in [4.69, 9.17) is 8.83 Å². The Kier molecular flexibility index (Phi) is 6.18. The second-order valence-electron chi connectivity index (χ2n) is 12.5. The average Bonchev–Trinajstić information content (AvgIpc) is 3.73. The summed E-state index contributed by atoms with van der Waals surface area (Å²) in [6.45, 7) is 0. The van der Waals surface area contributed by atoms with Gasteiger partial charge in [-0.15, -0.1) is 0 Å². The number of hydrogen-bond donors (Lipinski definition) is 0. The fourth-order valence-corrected chi connectivity index (χ4v) is 7.30. The first kappa shape index (κ1) is 27.5. The van der Waals surface area contributed by atoms with Gasteiger partial charge in [0.25, 0.3) is 0 Å². The molecule has 3 heteroatoms. The number of furan rings is 2. The Bertz CT molecular complexity index is 2830. The van der Waals surface area contributed by atoms with Crippen LogP contribution in [0.5, 0.6) is 0 Å². The summed E-state index contributed by atoms with van der Waals surface area (Å²) in [6, 6.07) is 62.2. The average molecular weight is 628 g/mol. The maximum atomic E-state index is 6.21. The molecule has 49 heavy (non-hydrogen) atoms. The molecule has 0 atom stereocenters. The SMILES string of the molecule is c1cc(-c2ccc3oc4ccccc4c3c2)cc(N(c2ccc(-c3cccc4ccccc34)cc2)c2ccc3oc4ccccc4c3c2)c1. The van der Waals surface area contributed by atoms with Gasteiger partial charge in [-0.05, 0) is 99.8 Å². The van der Waals surface area contributed by atoms with Crippen molar-refractivity contribution < 1.29 is 8.83 Å². The highest BCUT2D eigenvalue weighted by Crippen LogP contribution is 2.41. The zero-order valence-corrected chi connectivity index (χ0v) is 26.5. The lowest BCUT2D eigenvalue weighted by Crippen LogP contribution is -2.10. The maximum Gasteiger partial charge on any atom is 0.135 e. The third-order valence-corrected chi connectivity index (χ3v) is 9.66. The van der Waals surface area contributed by atoms with Gasteiger partial charge in [-0.25, -0.2) is 0 Å². The molecule has 0 bridgehead atoms. The number of nitrogens with zero attached hydrogens (tertiary/aromatic N) is 1. The third kappa shape index (κ3) is 4.59. The molecule has 0 spiro atoms. The molecule has 8 aromatic carbocycles. The molecule has 0 radical (unpaired) electrons. The van der Waals surface area contributed by atoms with E-state index in [1.165, 1.54) is 21.9 Å². The lowest BCUT2D eigenvalue weighted by atomic mass is 9.98. The van der Waals surface area contributed by atoms with Crippen molar-refractivity contribution in [3.8, 4) is 22.3 Å². The van der Waals surface area contributed by atoms with Gasteiger partial charge in [-0.3, -0.25) is 0 Å². The highest BCUT2D eigenvalue weighted by atomic mass is 16.3. The van der Waals surface area contributed by atoms with Crippen LogP contribution in [0, 0.1) is 0 Å².